The summed E-state index contributed by atoms with van der Waals surface area (Å²) in [5.74, 6) is -0.237. The minimum absolute atomic E-state index is 0.237. The van der Waals surface area contributed by atoms with E-state index in [1.807, 2.05) is 30.3 Å². The molecule has 0 aliphatic heterocycles. The van der Waals surface area contributed by atoms with Gasteiger partial charge in [0.25, 0.3) is 5.91 Å². The Morgan fingerprint density at radius 1 is 1.21 bits per heavy atom. The molecule has 1 aromatic carbocycles. The number of halogens is 1. The smallest absolute Gasteiger partial charge is 0.260 e. The minimum Gasteiger partial charge on any atom is -0.457 e. The molecule has 2 heterocycles. The van der Waals surface area contributed by atoms with Crippen LogP contribution < -0.4 is 5.32 Å². The summed E-state index contributed by atoms with van der Waals surface area (Å²) in [6.45, 7) is 0. The SMILES string of the molecule is O=C(Nc1cccc2cccnc12)c1ccoc1Br. The maximum atomic E-state index is 12.1. The quantitative estimate of drug-likeness (QED) is 0.781. The molecular weight excluding hydrogens is 308 g/mol. The van der Waals surface area contributed by atoms with E-state index in [2.05, 4.69) is 26.2 Å². The lowest BCUT2D eigenvalue weighted by Crippen LogP contribution is -2.12. The molecule has 0 fully saturated rings. The van der Waals surface area contributed by atoms with Crippen LogP contribution in [0.5, 0.6) is 0 Å². The van der Waals surface area contributed by atoms with Crippen LogP contribution in [0.2, 0.25) is 0 Å². The van der Waals surface area contributed by atoms with Crippen molar-refractivity contribution in [1.82, 2.24) is 4.98 Å². The van der Waals surface area contributed by atoms with Crippen LogP contribution in [-0.2, 0) is 0 Å². The van der Waals surface area contributed by atoms with E-state index in [4.69, 9.17) is 4.42 Å². The van der Waals surface area contributed by atoms with Crippen molar-refractivity contribution in [3.05, 3.63) is 59.1 Å². The van der Waals surface area contributed by atoms with Crippen molar-refractivity contribution in [3.8, 4) is 0 Å². The summed E-state index contributed by atoms with van der Waals surface area (Å²) in [6, 6.07) is 11.1. The molecule has 3 rings (SSSR count). The predicted octanol–water partition coefficient (Wildman–Crippen LogP) is 3.84. The molecule has 0 atom stereocenters. The molecule has 0 aliphatic rings. The van der Waals surface area contributed by atoms with Crippen molar-refractivity contribution in [2.24, 2.45) is 0 Å². The highest BCUT2D eigenvalue weighted by Crippen LogP contribution is 2.23. The summed E-state index contributed by atoms with van der Waals surface area (Å²) in [7, 11) is 0. The number of carbonyl (C=O) groups is 1. The van der Waals surface area contributed by atoms with E-state index in [0.717, 1.165) is 10.9 Å². The van der Waals surface area contributed by atoms with Gasteiger partial charge in [-0.25, -0.2) is 0 Å². The second-order valence-corrected chi connectivity index (χ2v) is 4.66. The number of amides is 1. The number of aromatic nitrogens is 1. The Hall–Kier alpha value is -2.14. The van der Waals surface area contributed by atoms with Crippen LogP contribution in [0, 0.1) is 0 Å². The highest BCUT2D eigenvalue weighted by molar-refractivity contribution is 9.10. The average Bonchev–Trinajstić information content (AvgIpc) is 2.85. The summed E-state index contributed by atoms with van der Waals surface area (Å²) in [5.41, 5.74) is 1.89. The molecule has 0 unspecified atom stereocenters. The zero-order valence-corrected chi connectivity index (χ0v) is 11.3. The molecule has 94 valence electrons. The van der Waals surface area contributed by atoms with E-state index in [1.165, 1.54) is 6.26 Å². The molecule has 0 spiro atoms. The Balaban J connectivity index is 1.98. The lowest BCUT2D eigenvalue weighted by atomic mass is 10.2. The van der Waals surface area contributed by atoms with Crippen molar-refractivity contribution in [2.75, 3.05) is 5.32 Å². The van der Waals surface area contributed by atoms with E-state index in [0.29, 0.717) is 15.9 Å². The average molecular weight is 317 g/mol. The standard InChI is InChI=1S/C14H9BrN2O2/c15-13-10(6-8-19-13)14(18)17-11-5-1-3-9-4-2-7-16-12(9)11/h1-8H,(H,17,18). The molecule has 0 saturated carbocycles. The third kappa shape index (κ3) is 2.24. The number of rotatable bonds is 2. The van der Waals surface area contributed by atoms with Crippen LogP contribution in [0.1, 0.15) is 10.4 Å². The molecule has 4 nitrogen and oxygen atoms in total. The maximum absolute atomic E-state index is 12.1. The van der Waals surface area contributed by atoms with Crippen LogP contribution in [0.25, 0.3) is 10.9 Å². The van der Waals surface area contributed by atoms with Crippen molar-refractivity contribution < 1.29 is 9.21 Å². The van der Waals surface area contributed by atoms with Crippen LogP contribution in [-0.4, -0.2) is 10.9 Å². The molecule has 3 aromatic rings. The monoisotopic (exact) mass is 316 g/mol. The van der Waals surface area contributed by atoms with Gasteiger partial charge in [-0.05, 0) is 34.1 Å². The molecule has 1 amide bonds. The number of hydrogen-bond acceptors (Lipinski definition) is 3. The van der Waals surface area contributed by atoms with Gasteiger partial charge in [0.05, 0.1) is 23.0 Å². The van der Waals surface area contributed by atoms with Gasteiger partial charge in [-0.1, -0.05) is 18.2 Å². The first-order valence-electron chi connectivity index (χ1n) is 5.64. The van der Waals surface area contributed by atoms with E-state index >= 15 is 0 Å². The number of nitrogens with one attached hydrogen (secondary N) is 1. The third-order valence-corrected chi connectivity index (χ3v) is 3.36. The Labute approximate surface area is 117 Å². The topological polar surface area (TPSA) is 55.1 Å². The van der Waals surface area contributed by atoms with Crippen molar-refractivity contribution in [2.45, 2.75) is 0 Å². The number of para-hydroxylation sites is 1. The number of anilines is 1. The highest BCUT2D eigenvalue weighted by Gasteiger charge is 2.14. The van der Waals surface area contributed by atoms with E-state index in [1.54, 1.807) is 12.3 Å². The van der Waals surface area contributed by atoms with Gasteiger partial charge < -0.3 is 9.73 Å². The minimum atomic E-state index is -0.237. The molecule has 0 aliphatic carbocycles. The van der Waals surface area contributed by atoms with Gasteiger partial charge in [0.1, 0.15) is 0 Å². The molecular formula is C14H9BrN2O2. The van der Waals surface area contributed by atoms with Crippen LogP contribution >= 0.6 is 15.9 Å². The maximum Gasteiger partial charge on any atom is 0.260 e. The van der Waals surface area contributed by atoms with E-state index < -0.39 is 0 Å². The van der Waals surface area contributed by atoms with Crippen LogP contribution in [0.15, 0.2) is 57.9 Å². The van der Waals surface area contributed by atoms with Crippen LogP contribution in [0.3, 0.4) is 0 Å². The van der Waals surface area contributed by atoms with E-state index in [9.17, 15) is 4.79 Å². The van der Waals surface area contributed by atoms with Gasteiger partial charge >= 0.3 is 0 Å². The molecule has 0 bridgehead atoms. The number of furan rings is 1. The number of fused-ring (bicyclic) bond motifs is 1. The van der Waals surface area contributed by atoms with Gasteiger partial charge in [0, 0.05) is 11.6 Å². The Kier molecular flexibility index (Phi) is 3.05. The number of benzene rings is 1. The van der Waals surface area contributed by atoms with Crippen molar-refractivity contribution in [1.29, 1.82) is 0 Å². The summed E-state index contributed by atoms with van der Waals surface area (Å²) in [4.78, 5) is 16.4. The van der Waals surface area contributed by atoms with Gasteiger partial charge in [0.15, 0.2) is 4.67 Å². The van der Waals surface area contributed by atoms with E-state index in [-0.39, 0.29) is 5.91 Å². The lowest BCUT2D eigenvalue weighted by molar-refractivity contribution is 0.102. The van der Waals surface area contributed by atoms with Crippen molar-refractivity contribution in [3.63, 3.8) is 0 Å². The predicted molar refractivity (Wildman–Crippen MR) is 76.1 cm³/mol. The Morgan fingerprint density at radius 2 is 2.05 bits per heavy atom. The van der Waals surface area contributed by atoms with Gasteiger partial charge in [0.2, 0.25) is 0 Å². The first-order valence-corrected chi connectivity index (χ1v) is 6.43. The summed E-state index contributed by atoms with van der Waals surface area (Å²) in [5, 5.41) is 3.82. The van der Waals surface area contributed by atoms with Gasteiger partial charge in [-0.15, -0.1) is 0 Å². The van der Waals surface area contributed by atoms with Crippen molar-refractivity contribution >= 4 is 38.4 Å². The normalized spacial score (nSPS) is 10.6. The van der Waals surface area contributed by atoms with Gasteiger partial charge in [-0.3, -0.25) is 9.78 Å². The molecule has 0 radical (unpaired) electrons. The fraction of sp³-hybridized carbons (Fsp3) is 0. The number of pyridine rings is 1. The second-order valence-electron chi connectivity index (χ2n) is 3.94. The number of carbonyl (C=O) groups excluding carboxylic acids is 1. The zero-order chi connectivity index (χ0) is 13.2. The fourth-order valence-electron chi connectivity index (χ4n) is 1.85. The Morgan fingerprint density at radius 3 is 2.84 bits per heavy atom. The zero-order valence-electron chi connectivity index (χ0n) is 9.76. The first-order chi connectivity index (χ1) is 9.25. The third-order valence-electron chi connectivity index (χ3n) is 2.74. The molecule has 2 aromatic heterocycles. The lowest BCUT2D eigenvalue weighted by Gasteiger charge is -2.06. The largest absolute Gasteiger partial charge is 0.457 e. The highest BCUT2D eigenvalue weighted by atomic mass is 79.9. The molecule has 5 heteroatoms. The molecule has 1 N–H and O–H groups in total. The fourth-order valence-corrected chi connectivity index (χ4v) is 2.27. The second kappa shape index (κ2) is 4.85. The molecule has 0 saturated heterocycles. The molecule has 19 heavy (non-hydrogen) atoms. The Bertz CT molecular complexity index is 747. The first kappa shape index (κ1) is 11.9. The summed E-state index contributed by atoms with van der Waals surface area (Å²) < 4.78 is 5.47. The number of nitrogens with zero attached hydrogens (tertiary/aromatic N) is 1. The summed E-state index contributed by atoms with van der Waals surface area (Å²) in [6.07, 6.45) is 3.16. The number of hydrogen-bond donors (Lipinski definition) is 1. The van der Waals surface area contributed by atoms with Gasteiger partial charge in [-0.2, -0.15) is 0 Å². The van der Waals surface area contributed by atoms with Crippen LogP contribution in [0.4, 0.5) is 5.69 Å². The summed E-state index contributed by atoms with van der Waals surface area (Å²) >= 11 is 3.19.